The Balaban J connectivity index is 1.88. The van der Waals surface area contributed by atoms with Crippen LogP contribution in [-0.4, -0.2) is 47.6 Å². The molecule has 0 bridgehead atoms. The number of ketones is 1. The fraction of sp³-hybridized carbons (Fsp3) is 0.500. The normalized spacial score (nSPS) is 23.7. The number of nitrogens with zero attached hydrogens (tertiary/aromatic N) is 1. The summed E-state index contributed by atoms with van der Waals surface area (Å²) in [5.41, 5.74) is 0.857. The van der Waals surface area contributed by atoms with Gasteiger partial charge in [0.05, 0.1) is 18.8 Å². The summed E-state index contributed by atoms with van der Waals surface area (Å²) in [4.78, 5) is 26.5. The first-order valence-electron chi connectivity index (χ1n) is 9.08. The predicted octanol–water partition coefficient (Wildman–Crippen LogP) is 2.40. The maximum atomic E-state index is 14.4. The molecular formula is C20H24FNO4. The standard InChI is InChI=1S/C20H24FNO4/c1-2-26-18(24)11-14-12-22(10-9-17(14)23)19(20(25)13-7-8-13)15-5-3-4-6-16(15)21/h3-6,11,13,17,19,23H,2,7-10,12H2,1H3. The summed E-state index contributed by atoms with van der Waals surface area (Å²) < 4.78 is 19.3. The molecule has 1 saturated heterocycles. The van der Waals surface area contributed by atoms with E-state index in [4.69, 9.17) is 4.74 Å². The van der Waals surface area contributed by atoms with Crippen LogP contribution >= 0.6 is 0 Å². The van der Waals surface area contributed by atoms with Crippen molar-refractivity contribution in [1.29, 1.82) is 0 Å². The summed E-state index contributed by atoms with van der Waals surface area (Å²) in [6.45, 7) is 2.65. The highest BCUT2D eigenvalue weighted by molar-refractivity contribution is 5.89. The van der Waals surface area contributed by atoms with Gasteiger partial charge in [0, 0.05) is 30.6 Å². The molecule has 2 fully saturated rings. The van der Waals surface area contributed by atoms with Crippen LogP contribution in [0.5, 0.6) is 0 Å². The average Bonchev–Trinajstić information content (AvgIpc) is 3.45. The Hall–Kier alpha value is -2.05. The summed E-state index contributed by atoms with van der Waals surface area (Å²) in [5, 5.41) is 10.2. The van der Waals surface area contributed by atoms with Gasteiger partial charge in [-0.1, -0.05) is 18.2 Å². The summed E-state index contributed by atoms with van der Waals surface area (Å²) in [7, 11) is 0. The van der Waals surface area contributed by atoms with Crippen molar-refractivity contribution in [2.75, 3.05) is 19.7 Å². The molecule has 1 heterocycles. The SMILES string of the molecule is CCOC(=O)C=C1CN(C(C(=O)C2CC2)c2ccccc2F)CCC1O. The number of hydrogen-bond acceptors (Lipinski definition) is 5. The van der Waals surface area contributed by atoms with E-state index in [0.29, 0.717) is 24.1 Å². The van der Waals surface area contributed by atoms with E-state index in [1.54, 1.807) is 25.1 Å². The van der Waals surface area contributed by atoms with Gasteiger partial charge in [-0.3, -0.25) is 9.69 Å². The Bertz CT molecular complexity index is 714. The van der Waals surface area contributed by atoms with Gasteiger partial charge in [-0.2, -0.15) is 0 Å². The van der Waals surface area contributed by atoms with Crippen LogP contribution in [0.1, 0.15) is 37.8 Å². The second-order valence-electron chi connectivity index (χ2n) is 6.85. The maximum Gasteiger partial charge on any atom is 0.330 e. The lowest BCUT2D eigenvalue weighted by atomic mass is 9.93. The van der Waals surface area contributed by atoms with Crippen LogP contribution in [0.2, 0.25) is 0 Å². The summed E-state index contributed by atoms with van der Waals surface area (Å²) in [5.74, 6) is -0.932. The van der Waals surface area contributed by atoms with Crippen LogP contribution in [0.15, 0.2) is 35.9 Å². The minimum absolute atomic E-state index is 0.0157. The average molecular weight is 361 g/mol. The van der Waals surface area contributed by atoms with Gasteiger partial charge in [0.25, 0.3) is 0 Å². The number of rotatable bonds is 6. The van der Waals surface area contributed by atoms with Crippen LogP contribution in [0.25, 0.3) is 0 Å². The van der Waals surface area contributed by atoms with E-state index < -0.39 is 23.9 Å². The minimum Gasteiger partial charge on any atom is -0.463 e. The van der Waals surface area contributed by atoms with Gasteiger partial charge in [0.15, 0.2) is 5.78 Å². The monoisotopic (exact) mass is 361 g/mol. The predicted molar refractivity (Wildman–Crippen MR) is 93.8 cm³/mol. The first-order chi connectivity index (χ1) is 12.5. The Morgan fingerprint density at radius 1 is 1.35 bits per heavy atom. The van der Waals surface area contributed by atoms with Crippen molar-refractivity contribution in [1.82, 2.24) is 4.90 Å². The Morgan fingerprint density at radius 2 is 2.08 bits per heavy atom. The molecule has 0 spiro atoms. The lowest BCUT2D eigenvalue weighted by Crippen LogP contribution is -2.44. The molecule has 1 saturated carbocycles. The third kappa shape index (κ3) is 4.19. The Labute approximate surface area is 152 Å². The van der Waals surface area contributed by atoms with Crippen LogP contribution < -0.4 is 0 Å². The van der Waals surface area contributed by atoms with Gasteiger partial charge in [-0.15, -0.1) is 0 Å². The van der Waals surface area contributed by atoms with Gasteiger partial charge in [0.1, 0.15) is 5.82 Å². The molecular weight excluding hydrogens is 337 g/mol. The quantitative estimate of drug-likeness (QED) is 0.623. The van der Waals surface area contributed by atoms with Gasteiger partial charge in [-0.25, -0.2) is 9.18 Å². The molecule has 1 aromatic carbocycles. The first-order valence-corrected chi connectivity index (χ1v) is 9.08. The molecule has 1 aromatic rings. The zero-order valence-electron chi connectivity index (χ0n) is 14.9. The second kappa shape index (κ2) is 8.10. The van der Waals surface area contributed by atoms with Crippen molar-refractivity contribution in [2.24, 2.45) is 5.92 Å². The number of hydrogen-bond donors (Lipinski definition) is 1. The third-order valence-electron chi connectivity index (χ3n) is 4.91. The van der Waals surface area contributed by atoms with Gasteiger partial charge in [-0.05, 0) is 37.8 Å². The third-order valence-corrected chi connectivity index (χ3v) is 4.91. The molecule has 1 aliphatic carbocycles. The fourth-order valence-electron chi connectivity index (χ4n) is 3.41. The largest absolute Gasteiger partial charge is 0.463 e. The zero-order chi connectivity index (χ0) is 18.7. The number of halogens is 1. The smallest absolute Gasteiger partial charge is 0.330 e. The fourth-order valence-corrected chi connectivity index (χ4v) is 3.41. The van der Waals surface area contributed by atoms with Crippen molar-refractivity contribution >= 4 is 11.8 Å². The van der Waals surface area contributed by atoms with E-state index in [2.05, 4.69) is 0 Å². The highest BCUT2D eigenvalue weighted by atomic mass is 19.1. The molecule has 3 rings (SSSR count). The number of aliphatic hydroxyl groups is 1. The van der Waals surface area contributed by atoms with E-state index in [-0.39, 0.29) is 24.9 Å². The van der Waals surface area contributed by atoms with Crippen molar-refractivity contribution in [3.05, 3.63) is 47.3 Å². The lowest BCUT2D eigenvalue weighted by molar-refractivity contribution is -0.137. The van der Waals surface area contributed by atoms with E-state index in [1.165, 1.54) is 12.1 Å². The molecule has 0 radical (unpaired) electrons. The summed E-state index contributed by atoms with van der Waals surface area (Å²) in [6, 6.07) is 5.63. The van der Waals surface area contributed by atoms with E-state index in [0.717, 1.165) is 12.8 Å². The molecule has 5 nitrogen and oxygen atoms in total. The number of ether oxygens (including phenoxy) is 1. The molecule has 1 aliphatic heterocycles. The summed E-state index contributed by atoms with van der Waals surface area (Å²) >= 11 is 0. The second-order valence-corrected chi connectivity index (χ2v) is 6.85. The minimum atomic E-state index is -0.757. The number of Topliss-reactive ketones (excluding diaryl/α,β-unsaturated/α-hetero) is 1. The van der Waals surface area contributed by atoms with Crippen molar-refractivity contribution in [2.45, 2.75) is 38.3 Å². The number of piperidine rings is 1. The van der Waals surface area contributed by atoms with E-state index in [9.17, 15) is 19.1 Å². The maximum absolute atomic E-state index is 14.4. The van der Waals surface area contributed by atoms with Crippen LogP contribution in [0, 0.1) is 11.7 Å². The Morgan fingerprint density at radius 3 is 2.73 bits per heavy atom. The molecule has 0 aromatic heterocycles. The van der Waals surface area contributed by atoms with Crippen molar-refractivity contribution in [3.8, 4) is 0 Å². The summed E-state index contributed by atoms with van der Waals surface area (Å²) in [6.07, 6.45) is 2.60. The molecule has 2 unspecified atom stereocenters. The van der Waals surface area contributed by atoms with E-state index in [1.807, 2.05) is 4.90 Å². The topological polar surface area (TPSA) is 66.8 Å². The number of carbonyl (C=O) groups is 2. The molecule has 6 heteroatoms. The zero-order valence-corrected chi connectivity index (χ0v) is 14.9. The highest BCUT2D eigenvalue weighted by Gasteiger charge is 2.41. The van der Waals surface area contributed by atoms with Crippen LogP contribution in [0.4, 0.5) is 4.39 Å². The molecule has 140 valence electrons. The number of esters is 1. The van der Waals surface area contributed by atoms with Gasteiger partial charge < -0.3 is 9.84 Å². The molecule has 26 heavy (non-hydrogen) atoms. The lowest BCUT2D eigenvalue weighted by Gasteiger charge is -2.37. The molecule has 2 atom stereocenters. The molecule has 2 aliphatic rings. The number of aliphatic hydroxyl groups excluding tert-OH is 1. The van der Waals surface area contributed by atoms with Gasteiger partial charge in [0.2, 0.25) is 0 Å². The van der Waals surface area contributed by atoms with Crippen molar-refractivity contribution in [3.63, 3.8) is 0 Å². The van der Waals surface area contributed by atoms with Crippen molar-refractivity contribution < 1.29 is 23.8 Å². The first kappa shape index (κ1) is 18.7. The van der Waals surface area contributed by atoms with E-state index >= 15 is 0 Å². The van der Waals surface area contributed by atoms with Gasteiger partial charge >= 0.3 is 5.97 Å². The number of benzene rings is 1. The van der Waals surface area contributed by atoms with Crippen LogP contribution in [0.3, 0.4) is 0 Å². The number of carbonyl (C=O) groups excluding carboxylic acids is 2. The molecule has 1 N–H and O–H groups in total. The number of likely N-dealkylation sites (tertiary alicyclic amines) is 1. The highest BCUT2D eigenvalue weighted by Crippen LogP contribution is 2.39. The Kier molecular flexibility index (Phi) is 5.84. The van der Waals surface area contributed by atoms with Crippen LogP contribution in [-0.2, 0) is 14.3 Å². The molecule has 0 amide bonds.